The number of benzene rings is 1. The molecular formula is C17H24N4O3S. The second-order valence-corrected chi connectivity index (χ2v) is 8.03. The minimum absolute atomic E-state index is 0.000272. The van der Waals surface area contributed by atoms with E-state index < -0.39 is 10.0 Å². The first kappa shape index (κ1) is 19.1. The normalized spacial score (nSPS) is 13.0. The van der Waals surface area contributed by atoms with Gasteiger partial charge in [0.15, 0.2) is 0 Å². The average Bonchev–Trinajstić information content (AvgIpc) is 3.08. The van der Waals surface area contributed by atoms with Crippen molar-refractivity contribution < 1.29 is 13.2 Å². The van der Waals surface area contributed by atoms with E-state index >= 15 is 0 Å². The lowest BCUT2D eigenvalue weighted by molar-refractivity contribution is 0.0930. The molecule has 1 atom stereocenters. The van der Waals surface area contributed by atoms with Crippen LogP contribution in [0, 0.1) is 5.92 Å². The van der Waals surface area contributed by atoms with Gasteiger partial charge in [0.25, 0.3) is 5.91 Å². The van der Waals surface area contributed by atoms with Crippen LogP contribution in [-0.2, 0) is 16.4 Å². The molecule has 0 spiro atoms. The molecule has 136 valence electrons. The molecule has 0 saturated carbocycles. The molecule has 0 aliphatic rings. The van der Waals surface area contributed by atoms with Crippen LogP contribution in [0.15, 0.2) is 41.7 Å². The zero-order valence-corrected chi connectivity index (χ0v) is 15.4. The number of H-pyrrole nitrogens is 1. The van der Waals surface area contributed by atoms with E-state index in [0.717, 1.165) is 5.69 Å². The smallest absolute Gasteiger partial charge is 0.251 e. The number of sulfonamides is 1. The van der Waals surface area contributed by atoms with E-state index in [1.54, 1.807) is 24.7 Å². The van der Waals surface area contributed by atoms with E-state index in [-0.39, 0.29) is 23.4 Å². The Morgan fingerprint density at radius 2 is 2.04 bits per heavy atom. The first-order valence-corrected chi connectivity index (χ1v) is 9.66. The third-order valence-electron chi connectivity index (χ3n) is 4.01. The van der Waals surface area contributed by atoms with Gasteiger partial charge in [-0.15, -0.1) is 0 Å². The molecule has 1 amide bonds. The summed E-state index contributed by atoms with van der Waals surface area (Å²) in [5.74, 6) is 0.00993. The summed E-state index contributed by atoms with van der Waals surface area (Å²) in [4.78, 5) is 19.1. The van der Waals surface area contributed by atoms with Crippen LogP contribution in [0.3, 0.4) is 0 Å². The van der Waals surface area contributed by atoms with Gasteiger partial charge in [0.1, 0.15) is 0 Å². The highest BCUT2D eigenvalue weighted by atomic mass is 32.2. The highest BCUT2D eigenvalue weighted by Crippen LogP contribution is 2.12. The third-order valence-corrected chi connectivity index (χ3v) is 5.47. The summed E-state index contributed by atoms with van der Waals surface area (Å²) in [6.45, 7) is 6.18. The van der Waals surface area contributed by atoms with Gasteiger partial charge in [0.2, 0.25) is 10.0 Å². The van der Waals surface area contributed by atoms with Crippen molar-refractivity contribution in [1.82, 2.24) is 20.0 Å². The van der Waals surface area contributed by atoms with Crippen LogP contribution >= 0.6 is 0 Å². The number of carbonyl (C=O) groups is 1. The van der Waals surface area contributed by atoms with Gasteiger partial charge in [0, 0.05) is 36.5 Å². The second kappa shape index (κ2) is 8.26. The Labute approximate surface area is 148 Å². The molecular weight excluding hydrogens is 340 g/mol. The van der Waals surface area contributed by atoms with E-state index in [1.807, 2.05) is 20.8 Å². The van der Waals surface area contributed by atoms with E-state index in [0.29, 0.717) is 17.9 Å². The molecule has 1 unspecified atom stereocenters. The maximum Gasteiger partial charge on any atom is 0.251 e. The highest BCUT2D eigenvalue weighted by molar-refractivity contribution is 7.89. The van der Waals surface area contributed by atoms with Gasteiger partial charge < -0.3 is 10.3 Å². The fraction of sp³-hybridized carbons (Fsp3) is 0.412. The minimum Gasteiger partial charge on any atom is -0.349 e. The lowest BCUT2D eigenvalue weighted by atomic mass is 10.1. The zero-order valence-electron chi connectivity index (χ0n) is 14.6. The van der Waals surface area contributed by atoms with Crippen molar-refractivity contribution in [2.75, 3.05) is 6.54 Å². The molecule has 8 heteroatoms. The standard InChI is InChI=1S/C17H24N4O3S/c1-12(2)13(3)21-17(22)14-5-4-6-16(9-14)25(23,24)20-8-7-15-10-18-11-19-15/h4-6,9-13,20H,7-8H2,1-3H3,(H,18,19)(H,21,22). The number of rotatable bonds is 8. The summed E-state index contributed by atoms with van der Waals surface area (Å²) in [7, 11) is -3.68. The van der Waals surface area contributed by atoms with Gasteiger partial charge in [-0.2, -0.15) is 0 Å². The second-order valence-electron chi connectivity index (χ2n) is 6.26. The fourth-order valence-corrected chi connectivity index (χ4v) is 3.16. The molecule has 25 heavy (non-hydrogen) atoms. The predicted molar refractivity (Wildman–Crippen MR) is 95.7 cm³/mol. The first-order valence-electron chi connectivity index (χ1n) is 8.17. The number of imidazole rings is 1. The minimum atomic E-state index is -3.68. The molecule has 1 aromatic heterocycles. The fourth-order valence-electron chi connectivity index (χ4n) is 2.09. The van der Waals surface area contributed by atoms with Crippen molar-refractivity contribution in [1.29, 1.82) is 0 Å². The van der Waals surface area contributed by atoms with Crippen LogP contribution in [0.1, 0.15) is 36.8 Å². The Morgan fingerprint density at radius 1 is 1.28 bits per heavy atom. The summed E-state index contributed by atoms with van der Waals surface area (Å²) < 4.78 is 27.3. The van der Waals surface area contributed by atoms with E-state index in [4.69, 9.17) is 0 Å². The van der Waals surface area contributed by atoms with Gasteiger partial charge in [-0.3, -0.25) is 4.79 Å². The Kier molecular flexibility index (Phi) is 6.33. The van der Waals surface area contributed by atoms with Crippen molar-refractivity contribution in [3.05, 3.63) is 48.0 Å². The maximum absolute atomic E-state index is 12.4. The summed E-state index contributed by atoms with van der Waals surface area (Å²) >= 11 is 0. The van der Waals surface area contributed by atoms with Gasteiger partial charge >= 0.3 is 0 Å². The van der Waals surface area contributed by atoms with Gasteiger partial charge in [-0.25, -0.2) is 18.1 Å². The van der Waals surface area contributed by atoms with E-state index in [9.17, 15) is 13.2 Å². The number of aromatic nitrogens is 2. The molecule has 0 radical (unpaired) electrons. The monoisotopic (exact) mass is 364 g/mol. The number of amides is 1. The van der Waals surface area contributed by atoms with Crippen molar-refractivity contribution in [2.45, 2.75) is 38.1 Å². The average molecular weight is 364 g/mol. The summed E-state index contributed by atoms with van der Waals surface area (Å²) in [5.41, 5.74) is 1.17. The van der Waals surface area contributed by atoms with Crippen LogP contribution < -0.4 is 10.0 Å². The molecule has 1 heterocycles. The van der Waals surface area contributed by atoms with Gasteiger partial charge in [0.05, 0.1) is 11.2 Å². The molecule has 3 N–H and O–H groups in total. The largest absolute Gasteiger partial charge is 0.349 e. The lowest BCUT2D eigenvalue weighted by Crippen LogP contribution is -2.36. The first-order chi connectivity index (χ1) is 11.8. The number of aromatic amines is 1. The van der Waals surface area contributed by atoms with Gasteiger partial charge in [-0.05, 0) is 31.0 Å². The van der Waals surface area contributed by atoms with Crippen LogP contribution in [0.4, 0.5) is 0 Å². The lowest BCUT2D eigenvalue weighted by Gasteiger charge is -2.17. The van der Waals surface area contributed by atoms with Crippen molar-refractivity contribution in [2.24, 2.45) is 5.92 Å². The van der Waals surface area contributed by atoms with Gasteiger partial charge in [-0.1, -0.05) is 19.9 Å². The summed E-state index contributed by atoms with van der Waals surface area (Å²) in [6, 6.07) is 6.03. The molecule has 2 rings (SSSR count). The number of hydrogen-bond donors (Lipinski definition) is 3. The predicted octanol–water partition coefficient (Wildman–Crippen LogP) is 1.70. The molecule has 2 aromatic rings. The highest BCUT2D eigenvalue weighted by Gasteiger charge is 2.17. The maximum atomic E-state index is 12.4. The van der Waals surface area contributed by atoms with Crippen molar-refractivity contribution in [3.8, 4) is 0 Å². The van der Waals surface area contributed by atoms with Crippen LogP contribution in [0.25, 0.3) is 0 Å². The molecule has 0 aliphatic heterocycles. The quantitative estimate of drug-likeness (QED) is 0.663. The number of nitrogens with zero attached hydrogens (tertiary/aromatic N) is 1. The van der Waals surface area contributed by atoms with Crippen molar-refractivity contribution in [3.63, 3.8) is 0 Å². The number of nitrogens with one attached hydrogen (secondary N) is 3. The summed E-state index contributed by atoms with van der Waals surface area (Å²) in [5, 5.41) is 2.87. The van der Waals surface area contributed by atoms with Crippen LogP contribution in [-0.4, -0.2) is 36.9 Å². The Bertz CT molecular complexity index is 801. The SMILES string of the molecule is CC(C)C(C)NC(=O)c1cccc(S(=O)(=O)NCCc2cnc[nH]2)c1. The molecule has 7 nitrogen and oxygen atoms in total. The molecule has 1 aromatic carbocycles. The van der Waals surface area contributed by atoms with E-state index in [2.05, 4.69) is 20.0 Å². The number of hydrogen-bond acceptors (Lipinski definition) is 4. The Hall–Kier alpha value is -2.19. The summed E-state index contributed by atoms with van der Waals surface area (Å²) in [6.07, 6.45) is 3.70. The zero-order chi connectivity index (χ0) is 18.4. The topological polar surface area (TPSA) is 104 Å². The Balaban J connectivity index is 2.04. The molecule has 0 fully saturated rings. The third kappa shape index (κ3) is 5.40. The van der Waals surface area contributed by atoms with E-state index in [1.165, 1.54) is 12.1 Å². The molecule has 0 aliphatic carbocycles. The van der Waals surface area contributed by atoms with Crippen LogP contribution in [0.5, 0.6) is 0 Å². The Morgan fingerprint density at radius 3 is 2.68 bits per heavy atom. The molecule has 0 bridgehead atoms. The molecule has 0 saturated heterocycles. The number of carbonyl (C=O) groups excluding carboxylic acids is 1. The van der Waals surface area contributed by atoms with Crippen molar-refractivity contribution >= 4 is 15.9 Å². The van der Waals surface area contributed by atoms with Crippen LogP contribution in [0.2, 0.25) is 0 Å².